The number of aryl methyl sites for hydroxylation is 2. The maximum Gasteiger partial charge on any atom is 0.263 e. The highest BCUT2D eigenvalue weighted by atomic mass is 35.5. The van der Waals surface area contributed by atoms with Crippen molar-refractivity contribution >= 4 is 39.9 Å². The van der Waals surface area contributed by atoms with Crippen LogP contribution in [0, 0.1) is 19.8 Å². The number of hydrogen-bond donors (Lipinski definition) is 1. The molecule has 1 aliphatic rings. The van der Waals surface area contributed by atoms with Gasteiger partial charge in [0.15, 0.2) is 11.2 Å². The van der Waals surface area contributed by atoms with Gasteiger partial charge in [-0.15, -0.1) is 11.3 Å². The van der Waals surface area contributed by atoms with Crippen molar-refractivity contribution in [1.29, 1.82) is 0 Å². The van der Waals surface area contributed by atoms with Gasteiger partial charge < -0.3 is 15.0 Å². The molecular weight excluding hydrogens is 398 g/mol. The second kappa shape index (κ2) is 8.92. The van der Waals surface area contributed by atoms with Gasteiger partial charge in [0.25, 0.3) is 5.91 Å². The van der Waals surface area contributed by atoms with E-state index in [2.05, 4.69) is 10.3 Å². The first-order valence-corrected chi connectivity index (χ1v) is 10.5. The highest BCUT2D eigenvalue weighted by Gasteiger charge is 2.30. The summed E-state index contributed by atoms with van der Waals surface area (Å²) in [6.45, 7) is 6.62. The van der Waals surface area contributed by atoms with E-state index in [9.17, 15) is 9.59 Å². The number of carbonyl (C=O) groups is 2. The van der Waals surface area contributed by atoms with E-state index >= 15 is 0 Å². The Kier molecular flexibility index (Phi) is 6.57. The summed E-state index contributed by atoms with van der Waals surface area (Å²) >= 11 is 7.57. The number of ether oxygens (including phenoxy) is 1. The van der Waals surface area contributed by atoms with Crippen LogP contribution in [0.15, 0.2) is 23.6 Å². The predicted octanol–water partition coefficient (Wildman–Crippen LogP) is 4.06. The Labute approximate surface area is 173 Å². The smallest absolute Gasteiger partial charge is 0.263 e. The van der Waals surface area contributed by atoms with Crippen LogP contribution in [0.2, 0.25) is 5.02 Å². The van der Waals surface area contributed by atoms with Crippen LogP contribution in [-0.2, 0) is 9.59 Å². The molecule has 0 spiro atoms. The number of carbonyl (C=O) groups excluding carboxylic acids is 2. The lowest BCUT2D eigenvalue weighted by molar-refractivity contribution is -0.140. The van der Waals surface area contributed by atoms with Crippen molar-refractivity contribution in [3.8, 4) is 5.75 Å². The minimum absolute atomic E-state index is 0.0303. The van der Waals surface area contributed by atoms with E-state index in [0.717, 1.165) is 11.3 Å². The fraction of sp³-hybridized carbons (Fsp3) is 0.450. The summed E-state index contributed by atoms with van der Waals surface area (Å²) in [6.07, 6.45) is 0.614. The lowest BCUT2D eigenvalue weighted by atomic mass is 9.95. The molecule has 1 atom stereocenters. The molecule has 150 valence electrons. The van der Waals surface area contributed by atoms with Gasteiger partial charge in [0, 0.05) is 24.4 Å². The van der Waals surface area contributed by atoms with Crippen LogP contribution in [0.4, 0.5) is 5.13 Å². The average molecular weight is 422 g/mol. The zero-order valence-electron chi connectivity index (χ0n) is 16.2. The van der Waals surface area contributed by atoms with E-state index in [1.165, 1.54) is 11.3 Å². The number of nitrogens with one attached hydrogen (secondary N) is 1. The minimum atomic E-state index is -0.636. The second-order valence-corrected chi connectivity index (χ2v) is 8.34. The van der Waals surface area contributed by atoms with Gasteiger partial charge in [0.2, 0.25) is 5.91 Å². The van der Waals surface area contributed by atoms with Crippen LogP contribution < -0.4 is 10.1 Å². The van der Waals surface area contributed by atoms with Gasteiger partial charge in [-0.3, -0.25) is 9.59 Å². The van der Waals surface area contributed by atoms with E-state index in [-0.39, 0.29) is 17.7 Å². The number of halogens is 1. The maximum atomic E-state index is 12.7. The highest BCUT2D eigenvalue weighted by molar-refractivity contribution is 7.13. The lowest BCUT2D eigenvalue weighted by Gasteiger charge is -2.32. The Morgan fingerprint density at radius 1 is 1.32 bits per heavy atom. The van der Waals surface area contributed by atoms with E-state index in [4.69, 9.17) is 16.3 Å². The first-order valence-electron chi connectivity index (χ1n) is 9.28. The largest absolute Gasteiger partial charge is 0.479 e. The van der Waals surface area contributed by atoms with Crippen molar-refractivity contribution < 1.29 is 14.3 Å². The topological polar surface area (TPSA) is 71.5 Å². The monoisotopic (exact) mass is 421 g/mol. The normalized spacial score (nSPS) is 15.9. The molecule has 2 amide bonds. The molecule has 1 N–H and O–H groups in total. The van der Waals surface area contributed by atoms with Gasteiger partial charge in [-0.05, 0) is 51.3 Å². The van der Waals surface area contributed by atoms with Gasteiger partial charge in [0.05, 0.1) is 10.7 Å². The average Bonchev–Trinajstić information content (AvgIpc) is 3.08. The Bertz CT molecular complexity index is 862. The van der Waals surface area contributed by atoms with Gasteiger partial charge in [-0.25, -0.2) is 4.98 Å². The standard InChI is InChI=1S/C20H24ClN3O3S/c1-12-4-5-16(21)17(10-12)27-14(3)19(26)24-8-6-15(7-9-24)18(25)23-20-22-13(2)11-28-20/h4-5,10-11,14-15H,6-9H2,1-3H3,(H,22,23,25). The van der Waals surface area contributed by atoms with Crippen LogP contribution in [-0.4, -0.2) is 40.9 Å². The summed E-state index contributed by atoms with van der Waals surface area (Å²) in [5.41, 5.74) is 1.91. The second-order valence-electron chi connectivity index (χ2n) is 7.08. The SMILES string of the molecule is Cc1ccc(Cl)c(OC(C)C(=O)N2CCC(C(=O)Nc3nc(C)cs3)CC2)c1. The molecule has 1 aromatic carbocycles. The molecule has 3 rings (SSSR count). The summed E-state index contributed by atoms with van der Waals surface area (Å²) in [6, 6.07) is 5.48. The number of aromatic nitrogens is 1. The summed E-state index contributed by atoms with van der Waals surface area (Å²) in [5.74, 6) is 0.274. The molecule has 0 saturated carbocycles. The molecule has 0 aliphatic carbocycles. The summed E-state index contributed by atoms with van der Waals surface area (Å²) in [7, 11) is 0. The molecule has 6 nitrogen and oxygen atoms in total. The Morgan fingerprint density at radius 2 is 2.04 bits per heavy atom. The number of anilines is 1. The minimum Gasteiger partial charge on any atom is -0.479 e. The van der Waals surface area contributed by atoms with E-state index in [1.807, 2.05) is 31.4 Å². The molecule has 2 heterocycles. The van der Waals surface area contributed by atoms with Gasteiger partial charge in [-0.1, -0.05) is 17.7 Å². The Hall–Kier alpha value is -2.12. The van der Waals surface area contributed by atoms with E-state index < -0.39 is 6.10 Å². The first-order chi connectivity index (χ1) is 13.3. The Morgan fingerprint density at radius 3 is 2.68 bits per heavy atom. The molecule has 1 saturated heterocycles. The first kappa shape index (κ1) is 20.6. The van der Waals surface area contributed by atoms with Crippen molar-refractivity contribution in [1.82, 2.24) is 9.88 Å². The molecule has 1 aliphatic heterocycles. The van der Waals surface area contributed by atoms with E-state index in [1.54, 1.807) is 17.9 Å². The number of benzene rings is 1. The summed E-state index contributed by atoms with van der Waals surface area (Å²) in [5, 5.41) is 5.88. The quantitative estimate of drug-likeness (QED) is 0.790. The van der Waals surface area contributed by atoms with E-state index in [0.29, 0.717) is 41.8 Å². The van der Waals surface area contributed by atoms with Crippen molar-refractivity contribution in [3.05, 3.63) is 39.9 Å². The molecule has 28 heavy (non-hydrogen) atoms. The number of amides is 2. The van der Waals surface area contributed by atoms with Crippen molar-refractivity contribution in [3.63, 3.8) is 0 Å². The number of likely N-dealkylation sites (tertiary alicyclic amines) is 1. The third-order valence-electron chi connectivity index (χ3n) is 4.76. The molecule has 1 unspecified atom stereocenters. The molecule has 0 radical (unpaired) electrons. The fourth-order valence-corrected chi connectivity index (χ4v) is 4.03. The van der Waals surface area contributed by atoms with Crippen LogP contribution in [0.5, 0.6) is 5.75 Å². The maximum absolute atomic E-state index is 12.7. The Balaban J connectivity index is 1.51. The molecule has 2 aromatic rings. The van der Waals surface area contributed by atoms with Gasteiger partial charge in [0.1, 0.15) is 5.75 Å². The summed E-state index contributed by atoms with van der Waals surface area (Å²) in [4.78, 5) is 31.1. The highest BCUT2D eigenvalue weighted by Crippen LogP contribution is 2.27. The molecular formula is C20H24ClN3O3S. The predicted molar refractivity (Wildman–Crippen MR) is 111 cm³/mol. The third kappa shape index (κ3) is 5.02. The molecule has 0 bridgehead atoms. The summed E-state index contributed by atoms with van der Waals surface area (Å²) < 4.78 is 5.79. The fourth-order valence-electron chi connectivity index (χ4n) is 3.18. The zero-order valence-corrected chi connectivity index (χ0v) is 17.8. The molecule has 8 heteroatoms. The number of piperidine rings is 1. The molecule has 1 aromatic heterocycles. The number of hydrogen-bond acceptors (Lipinski definition) is 5. The van der Waals surface area contributed by atoms with Crippen LogP contribution in [0.25, 0.3) is 0 Å². The number of rotatable bonds is 5. The van der Waals surface area contributed by atoms with Crippen molar-refractivity contribution in [2.75, 3.05) is 18.4 Å². The number of nitrogens with zero attached hydrogens (tertiary/aromatic N) is 2. The zero-order chi connectivity index (χ0) is 20.3. The lowest BCUT2D eigenvalue weighted by Crippen LogP contribution is -2.46. The van der Waals surface area contributed by atoms with Gasteiger partial charge in [-0.2, -0.15) is 0 Å². The van der Waals surface area contributed by atoms with Crippen molar-refractivity contribution in [2.45, 2.75) is 39.7 Å². The van der Waals surface area contributed by atoms with Crippen LogP contribution in [0.1, 0.15) is 31.0 Å². The van der Waals surface area contributed by atoms with Crippen LogP contribution >= 0.6 is 22.9 Å². The van der Waals surface area contributed by atoms with Crippen LogP contribution in [0.3, 0.4) is 0 Å². The molecule has 1 fully saturated rings. The number of thiazole rings is 1. The third-order valence-corrected chi connectivity index (χ3v) is 5.95. The van der Waals surface area contributed by atoms with Gasteiger partial charge >= 0.3 is 0 Å². The van der Waals surface area contributed by atoms with Crippen molar-refractivity contribution in [2.24, 2.45) is 5.92 Å².